The molecule has 2 amide bonds. The summed E-state index contributed by atoms with van der Waals surface area (Å²) in [5, 5.41) is 11.8. The van der Waals surface area contributed by atoms with Crippen LogP contribution in [0.3, 0.4) is 0 Å². The number of rotatable bonds is 10. The lowest BCUT2D eigenvalue weighted by molar-refractivity contribution is -0.147. The molecule has 0 fully saturated rings. The van der Waals surface area contributed by atoms with Crippen molar-refractivity contribution in [3.05, 3.63) is 59.7 Å². The lowest BCUT2D eigenvalue weighted by atomic mass is 9.98. The van der Waals surface area contributed by atoms with Gasteiger partial charge in [0.2, 0.25) is 5.91 Å². The number of carbonyl (C=O) groups is 3. The van der Waals surface area contributed by atoms with Crippen molar-refractivity contribution in [2.75, 3.05) is 26.8 Å². The number of nitrogens with one attached hydrogen (secondary N) is 1. The summed E-state index contributed by atoms with van der Waals surface area (Å²) in [6, 6.07) is 14.9. The Balaban J connectivity index is 1.72. The van der Waals surface area contributed by atoms with Crippen molar-refractivity contribution in [2.24, 2.45) is 5.92 Å². The minimum absolute atomic E-state index is 0.0521. The minimum atomic E-state index is -1.13. The van der Waals surface area contributed by atoms with Gasteiger partial charge in [-0.15, -0.1) is 0 Å². The third-order valence-electron chi connectivity index (χ3n) is 5.95. The molecule has 0 aromatic heterocycles. The number of ether oxygens (including phenoxy) is 2. The lowest BCUT2D eigenvalue weighted by Crippen LogP contribution is -2.55. The van der Waals surface area contributed by atoms with Crippen molar-refractivity contribution in [1.82, 2.24) is 10.2 Å². The first-order chi connectivity index (χ1) is 16.2. The van der Waals surface area contributed by atoms with Gasteiger partial charge in [0.15, 0.2) is 0 Å². The van der Waals surface area contributed by atoms with Gasteiger partial charge in [0.25, 0.3) is 0 Å². The number of hydrogen-bond acceptors (Lipinski definition) is 5. The summed E-state index contributed by atoms with van der Waals surface area (Å²) in [6.45, 7) is 5.29. The topological polar surface area (TPSA) is 105 Å². The Bertz CT molecular complexity index is 992. The number of hydrogen-bond donors (Lipinski definition) is 2. The van der Waals surface area contributed by atoms with Crippen LogP contribution in [0.2, 0.25) is 0 Å². The maximum absolute atomic E-state index is 13.2. The highest BCUT2D eigenvalue weighted by Crippen LogP contribution is 2.44. The molecule has 0 spiro atoms. The van der Waals surface area contributed by atoms with Crippen LogP contribution in [0.15, 0.2) is 48.5 Å². The molecule has 182 valence electrons. The zero-order chi connectivity index (χ0) is 24.8. The van der Waals surface area contributed by atoms with Gasteiger partial charge >= 0.3 is 12.1 Å². The van der Waals surface area contributed by atoms with E-state index in [0.29, 0.717) is 0 Å². The second kappa shape index (κ2) is 11.2. The van der Waals surface area contributed by atoms with Gasteiger partial charge in [0.1, 0.15) is 19.2 Å². The average molecular weight is 469 g/mol. The predicted octanol–water partition coefficient (Wildman–Crippen LogP) is 3.50. The van der Waals surface area contributed by atoms with Crippen LogP contribution in [0.4, 0.5) is 4.79 Å². The van der Waals surface area contributed by atoms with Gasteiger partial charge in [-0.1, -0.05) is 62.4 Å². The minimum Gasteiger partial charge on any atom is -0.480 e. The van der Waals surface area contributed by atoms with E-state index in [9.17, 15) is 19.5 Å². The molecule has 0 heterocycles. The molecule has 8 nitrogen and oxygen atoms in total. The summed E-state index contributed by atoms with van der Waals surface area (Å²) in [7, 11) is 1.42. The highest BCUT2D eigenvalue weighted by atomic mass is 16.5. The zero-order valence-corrected chi connectivity index (χ0v) is 20.0. The van der Waals surface area contributed by atoms with Crippen LogP contribution in [0.25, 0.3) is 11.1 Å². The number of carboxylic acid groups (broad SMARTS) is 1. The Morgan fingerprint density at radius 3 is 2.06 bits per heavy atom. The number of fused-ring (bicyclic) bond motifs is 3. The Hall–Kier alpha value is -3.39. The molecule has 0 saturated carbocycles. The summed E-state index contributed by atoms with van der Waals surface area (Å²) >= 11 is 0. The lowest BCUT2D eigenvalue weighted by Gasteiger charge is -2.30. The fraction of sp³-hybridized carbons (Fsp3) is 0.423. The fourth-order valence-corrected chi connectivity index (χ4v) is 4.32. The fourth-order valence-electron chi connectivity index (χ4n) is 4.32. The van der Waals surface area contributed by atoms with Crippen LogP contribution in [-0.4, -0.2) is 66.9 Å². The van der Waals surface area contributed by atoms with Crippen LogP contribution in [-0.2, 0) is 19.1 Å². The number of carboxylic acids is 1. The van der Waals surface area contributed by atoms with Crippen molar-refractivity contribution >= 4 is 18.0 Å². The maximum Gasteiger partial charge on any atom is 0.407 e. The van der Waals surface area contributed by atoms with Crippen molar-refractivity contribution in [3.8, 4) is 11.1 Å². The van der Waals surface area contributed by atoms with E-state index in [2.05, 4.69) is 17.4 Å². The number of aliphatic carboxylic acids is 1. The summed E-state index contributed by atoms with van der Waals surface area (Å²) in [4.78, 5) is 38.4. The molecular formula is C26H32N2O6. The van der Waals surface area contributed by atoms with Crippen LogP contribution >= 0.6 is 0 Å². The first-order valence-electron chi connectivity index (χ1n) is 11.4. The second-order valence-electron chi connectivity index (χ2n) is 8.89. The SMILES string of the molecule is COC(C)C(NC(=O)OCC1c2ccccc2-c2ccccc21)C(=O)N(CC(=O)O)CC(C)C. The van der Waals surface area contributed by atoms with Crippen molar-refractivity contribution < 1.29 is 29.0 Å². The molecule has 2 unspecified atom stereocenters. The molecule has 3 rings (SSSR count). The molecule has 2 atom stereocenters. The van der Waals surface area contributed by atoms with Crippen molar-refractivity contribution in [3.63, 3.8) is 0 Å². The number of carbonyl (C=O) groups excluding carboxylic acids is 2. The number of amides is 2. The highest BCUT2D eigenvalue weighted by molar-refractivity contribution is 5.88. The average Bonchev–Trinajstić information content (AvgIpc) is 3.13. The van der Waals surface area contributed by atoms with E-state index >= 15 is 0 Å². The predicted molar refractivity (Wildman–Crippen MR) is 128 cm³/mol. The third-order valence-corrected chi connectivity index (χ3v) is 5.95. The number of benzene rings is 2. The van der Waals surface area contributed by atoms with E-state index in [1.54, 1.807) is 6.92 Å². The van der Waals surface area contributed by atoms with Crippen LogP contribution in [0.5, 0.6) is 0 Å². The molecule has 0 radical (unpaired) electrons. The summed E-state index contributed by atoms with van der Waals surface area (Å²) in [5.41, 5.74) is 4.40. The van der Waals surface area contributed by atoms with Crippen LogP contribution in [0, 0.1) is 5.92 Å². The van der Waals surface area contributed by atoms with E-state index < -0.39 is 36.7 Å². The molecule has 1 aliphatic carbocycles. The van der Waals surface area contributed by atoms with E-state index in [1.165, 1.54) is 12.0 Å². The summed E-state index contributed by atoms with van der Waals surface area (Å²) in [6.07, 6.45) is -1.44. The number of alkyl carbamates (subject to hydrolysis) is 1. The molecule has 34 heavy (non-hydrogen) atoms. The first-order valence-corrected chi connectivity index (χ1v) is 11.4. The second-order valence-corrected chi connectivity index (χ2v) is 8.89. The monoisotopic (exact) mass is 468 g/mol. The van der Waals surface area contributed by atoms with Gasteiger partial charge < -0.3 is 24.8 Å². The molecule has 2 aromatic rings. The quantitative estimate of drug-likeness (QED) is 0.553. The Morgan fingerprint density at radius 1 is 1.00 bits per heavy atom. The van der Waals surface area contributed by atoms with Gasteiger partial charge in [0.05, 0.1) is 6.10 Å². The van der Waals surface area contributed by atoms with Crippen molar-refractivity contribution in [1.29, 1.82) is 0 Å². The molecule has 1 aliphatic rings. The largest absolute Gasteiger partial charge is 0.480 e. The first kappa shape index (κ1) is 25.2. The summed E-state index contributed by atoms with van der Waals surface area (Å²) in [5.74, 6) is -1.72. The van der Waals surface area contributed by atoms with Gasteiger partial charge in [-0.2, -0.15) is 0 Å². The van der Waals surface area contributed by atoms with Crippen LogP contribution < -0.4 is 5.32 Å². The molecular weight excluding hydrogens is 436 g/mol. The molecule has 8 heteroatoms. The van der Waals surface area contributed by atoms with Crippen molar-refractivity contribution in [2.45, 2.75) is 38.8 Å². The van der Waals surface area contributed by atoms with Crippen LogP contribution in [0.1, 0.15) is 37.8 Å². The molecule has 0 aliphatic heterocycles. The molecule has 0 bridgehead atoms. The molecule has 2 aromatic carbocycles. The Kier molecular flexibility index (Phi) is 8.28. The smallest absolute Gasteiger partial charge is 0.407 e. The van der Waals surface area contributed by atoms with Gasteiger partial charge in [-0.3, -0.25) is 9.59 Å². The summed E-state index contributed by atoms with van der Waals surface area (Å²) < 4.78 is 10.9. The zero-order valence-electron chi connectivity index (χ0n) is 20.0. The molecule has 0 saturated heterocycles. The highest BCUT2D eigenvalue weighted by Gasteiger charge is 2.34. The van der Waals surface area contributed by atoms with E-state index in [1.807, 2.05) is 50.2 Å². The van der Waals surface area contributed by atoms with E-state index in [4.69, 9.17) is 9.47 Å². The van der Waals surface area contributed by atoms with Gasteiger partial charge in [-0.05, 0) is 35.1 Å². The number of nitrogens with zero attached hydrogens (tertiary/aromatic N) is 1. The van der Waals surface area contributed by atoms with E-state index in [-0.39, 0.29) is 25.0 Å². The third kappa shape index (κ3) is 5.75. The molecule has 2 N–H and O–H groups in total. The normalized spacial score (nSPS) is 14.1. The van der Waals surface area contributed by atoms with Gasteiger partial charge in [-0.25, -0.2) is 4.79 Å². The Morgan fingerprint density at radius 2 is 1.56 bits per heavy atom. The number of methoxy groups -OCH3 is 1. The maximum atomic E-state index is 13.2. The van der Waals surface area contributed by atoms with Gasteiger partial charge in [0, 0.05) is 19.6 Å². The van der Waals surface area contributed by atoms with E-state index in [0.717, 1.165) is 22.3 Å². The Labute approximate surface area is 199 Å². The standard InChI is InChI=1S/C26H32N2O6/c1-16(2)13-28(14-23(29)30)25(31)24(17(3)33-4)27-26(32)34-15-22-20-11-7-5-9-18(20)19-10-6-8-12-21(19)22/h5-12,16-17,22,24H,13-15H2,1-4H3,(H,27,32)(H,29,30).